The van der Waals surface area contributed by atoms with Crippen molar-refractivity contribution in [3.8, 4) is 0 Å². The molecule has 1 aromatic heterocycles. The maximum absolute atomic E-state index is 9.89. The third-order valence-electron chi connectivity index (χ3n) is 2.91. The molecule has 2 rings (SSSR count). The van der Waals surface area contributed by atoms with Crippen molar-refractivity contribution < 1.29 is 9.84 Å². The summed E-state index contributed by atoms with van der Waals surface area (Å²) in [4.78, 5) is 1.07. The zero-order chi connectivity index (χ0) is 10.5. The maximum atomic E-state index is 9.89. The van der Waals surface area contributed by atoms with Gasteiger partial charge in [-0.2, -0.15) is 0 Å². The molecule has 2 heterocycles. The van der Waals surface area contributed by atoms with Crippen LogP contribution in [0.25, 0.3) is 0 Å². The molecule has 0 radical (unpaired) electrons. The van der Waals surface area contributed by atoms with Gasteiger partial charge in [0.25, 0.3) is 0 Å². The molecule has 1 aliphatic rings. The molecule has 0 amide bonds. The first-order chi connectivity index (χ1) is 7.36. The van der Waals surface area contributed by atoms with Gasteiger partial charge in [-0.1, -0.05) is 6.07 Å². The molecule has 1 fully saturated rings. The topological polar surface area (TPSA) is 29.5 Å². The van der Waals surface area contributed by atoms with Crippen molar-refractivity contribution in [1.29, 1.82) is 0 Å². The second-order valence-electron chi connectivity index (χ2n) is 4.10. The number of aliphatic hydroxyl groups excluding tert-OH is 1. The first-order valence-corrected chi connectivity index (χ1v) is 6.57. The van der Waals surface area contributed by atoms with Crippen LogP contribution in [-0.2, 0) is 4.74 Å². The van der Waals surface area contributed by atoms with Crippen LogP contribution in [0.1, 0.15) is 43.1 Å². The summed E-state index contributed by atoms with van der Waals surface area (Å²) in [6, 6.07) is 3.98. The van der Waals surface area contributed by atoms with Gasteiger partial charge in [0.15, 0.2) is 0 Å². The first-order valence-electron chi connectivity index (χ1n) is 5.69. The largest absolute Gasteiger partial charge is 0.388 e. The summed E-state index contributed by atoms with van der Waals surface area (Å²) < 4.78 is 5.64. The molecule has 0 spiro atoms. The summed E-state index contributed by atoms with van der Waals surface area (Å²) in [5.41, 5.74) is 0. The van der Waals surface area contributed by atoms with Crippen LogP contribution in [0.3, 0.4) is 0 Å². The van der Waals surface area contributed by atoms with Crippen molar-refractivity contribution in [3.05, 3.63) is 22.4 Å². The summed E-state index contributed by atoms with van der Waals surface area (Å²) in [7, 11) is 0. The van der Waals surface area contributed by atoms with Gasteiger partial charge in [-0.25, -0.2) is 0 Å². The molecule has 1 aromatic rings. The summed E-state index contributed by atoms with van der Waals surface area (Å²) >= 11 is 1.63. The van der Waals surface area contributed by atoms with Crippen molar-refractivity contribution in [2.45, 2.75) is 44.3 Å². The molecule has 15 heavy (non-hydrogen) atoms. The van der Waals surface area contributed by atoms with Crippen LogP contribution in [-0.4, -0.2) is 17.8 Å². The fourth-order valence-corrected chi connectivity index (χ4v) is 2.75. The highest BCUT2D eigenvalue weighted by molar-refractivity contribution is 7.10. The smallest absolute Gasteiger partial charge is 0.0882 e. The fraction of sp³-hybridized carbons (Fsp3) is 0.667. The van der Waals surface area contributed by atoms with Crippen molar-refractivity contribution in [3.63, 3.8) is 0 Å². The predicted molar refractivity (Wildman–Crippen MR) is 62.1 cm³/mol. The Balaban J connectivity index is 1.73. The number of thiophene rings is 1. The van der Waals surface area contributed by atoms with Crippen LogP contribution in [0, 0.1) is 0 Å². The normalized spacial score (nSPS) is 23.9. The highest BCUT2D eigenvalue weighted by Gasteiger charge is 2.16. The summed E-state index contributed by atoms with van der Waals surface area (Å²) in [6.45, 7) is 0.903. The molecular weight excluding hydrogens is 208 g/mol. The lowest BCUT2D eigenvalue weighted by Gasteiger charge is -2.23. The van der Waals surface area contributed by atoms with Crippen molar-refractivity contribution >= 4 is 11.3 Å². The quantitative estimate of drug-likeness (QED) is 0.854. The third-order valence-corrected chi connectivity index (χ3v) is 3.88. The van der Waals surface area contributed by atoms with Gasteiger partial charge in [0.05, 0.1) is 12.2 Å². The number of ether oxygens (including phenoxy) is 1. The Morgan fingerprint density at radius 3 is 3.13 bits per heavy atom. The SMILES string of the molecule is OC(CCC1CCCCO1)c1cccs1. The number of hydrogen-bond donors (Lipinski definition) is 1. The van der Waals surface area contributed by atoms with Gasteiger partial charge in [-0.05, 0) is 43.6 Å². The molecule has 2 nitrogen and oxygen atoms in total. The van der Waals surface area contributed by atoms with E-state index >= 15 is 0 Å². The average Bonchev–Trinajstić information content (AvgIpc) is 2.81. The lowest BCUT2D eigenvalue weighted by Crippen LogP contribution is -2.19. The van der Waals surface area contributed by atoms with E-state index in [4.69, 9.17) is 4.74 Å². The zero-order valence-corrected chi connectivity index (χ0v) is 9.71. The Morgan fingerprint density at radius 2 is 2.47 bits per heavy atom. The molecule has 1 saturated heterocycles. The Morgan fingerprint density at radius 1 is 1.53 bits per heavy atom. The minimum absolute atomic E-state index is 0.296. The lowest BCUT2D eigenvalue weighted by molar-refractivity contribution is 0.00236. The van der Waals surface area contributed by atoms with E-state index < -0.39 is 0 Å². The van der Waals surface area contributed by atoms with Gasteiger partial charge in [-0.15, -0.1) is 11.3 Å². The van der Waals surface area contributed by atoms with Gasteiger partial charge in [-0.3, -0.25) is 0 Å². The fourth-order valence-electron chi connectivity index (χ4n) is 2.00. The predicted octanol–water partition coefficient (Wildman–Crippen LogP) is 3.13. The third kappa shape index (κ3) is 3.30. The molecule has 0 aliphatic carbocycles. The van der Waals surface area contributed by atoms with Gasteiger partial charge < -0.3 is 9.84 Å². The van der Waals surface area contributed by atoms with Crippen LogP contribution in [0.4, 0.5) is 0 Å². The Kier molecular flexibility index (Phi) is 4.18. The maximum Gasteiger partial charge on any atom is 0.0882 e. The summed E-state index contributed by atoms with van der Waals surface area (Å²) in [5, 5.41) is 11.9. The molecule has 0 aromatic carbocycles. The van der Waals surface area contributed by atoms with E-state index in [0.29, 0.717) is 6.10 Å². The van der Waals surface area contributed by atoms with Crippen LogP contribution >= 0.6 is 11.3 Å². The van der Waals surface area contributed by atoms with Gasteiger partial charge in [0, 0.05) is 11.5 Å². The monoisotopic (exact) mass is 226 g/mol. The van der Waals surface area contributed by atoms with E-state index in [-0.39, 0.29) is 6.10 Å². The molecule has 2 atom stereocenters. The minimum atomic E-state index is -0.296. The summed E-state index contributed by atoms with van der Waals surface area (Å²) in [5.74, 6) is 0. The zero-order valence-electron chi connectivity index (χ0n) is 8.89. The number of hydrogen-bond acceptors (Lipinski definition) is 3. The molecule has 1 N–H and O–H groups in total. The van der Waals surface area contributed by atoms with E-state index in [0.717, 1.165) is 30.7 Å². The van der Waals surface area contributed by atoms with Gasteiger partial charge in [0.2, 0.25) is 0 Å². The van der Waals surface area contributed by atoms with Crippen LogP contribution in [0.15, 0.2) is 17.5 Å². The molecule has 2 unspecified atom stereocenters. The van der Waals surface area contributed by atoms with E-state index in [1.54, 1.807) is 11.3 Å². The van der Waals surface area contributed by atoms with Crippen LogP contribution in [0.5, 0.6) is 0 Å². The van der Waals surface area contributed by atoms with E-state index in [9.17, 15) is 5.11 Å². The van der Waals surface area contributed by atoms with Gasteiger partial charge in [0.1, 0.15) is 0 Å². The van der Waals surface area contributed by atoms with E-state index in [1.165, 1.54) is 12.8 Å². The average molecular weight is 226 g/mol. The first kappa shape index (κ1) is 11.1. The lowest BCUT2D eigenvalue weighted by atomic mass is 10.0. The van der Waals surface area contributed by atoms with Crippen molar-refractivity contribution in [2.24, 2.45) is 0 Å². The molecule has 3 heteroatoms. The molecule has 1 aliphatic heterocycles. The summed E-state index contributed by atoms with van der Waals surface area (Å²) in [6.07, 6.45) is 5.54. The molecule has 0 bridgehead atoms. The van der Waals surface area contributed by atoms with E-state index in [1.807, 2.05) is 17.5 Å². The van der Waals surface area contributed by atoms with Crippen molar-refractivity contribution in [2.75, 3.05) is 6.61 Å². The Labute approximate surface area is 94.9 Å². The Hall–Kier alpha value is -0.380. The standard InChI is InChI=1S/C12H18O2S/c13-11(12-5-3-9-15-12)7-6-10-4-1-2-8-14-10/h3,5,9-11,13H,1-2,4,6-8H2. The Bertz CT molecular complexity index is 265. The second-order valence-corrected chi connectivity index (χ2v) is 5.08. The number of aliphatic hydroxyl groups is 1. The van der Waals surface area contributed by atoms with E-state index in [2.05, 4.69) is 0 Å². The number of rotatable bonds is 4. The van der Waals surface area contributed by atoms with Crippen LogP contribution in [0.2, 0.25) is 0 Å². The molecular formula is C12H18O2S. The molecule has 84 valence electrons. The molecule has 0 saturated carbocycles. The second kappa shape index (κ2) is 5.64. The van der Waals surface area contributed by atoms with Crippen molar-refractivity contribution in [1.82, 2.24) is 0 Å². The van der Waals surface area contributed by atoms with Crippen LogP contribution < -0.4 is 0 Å². The van der Waals surface area contributed by atoms with Gasteiger partial charge >= 0.3 is 0 Å². The highest BCUT2D eigenvalue weighted by Crippen LogP contribution is 2.26. The highest BCUT2D eigenvalue weighted by atomic mass is 32.1. The minimum Gasteiger partial charge on any atom is -0.388 e.